The number of hydrogen-bond donors (Lipinski definition) is 1. The molecule has 0 spiro atoms. The monoisotopic (exact) mass is 328 g/mol. The van der Waals surface area contributed by atoms with Crippen molar-refractivity contribution in [2.75, 3.05) is 6.61 Å². The summed E-state index contributed by atoms with van der Waals surface area (Å²) in [6.07, 6.45) is 20.0. The Balaban J connectivity index is 3.60. The first kappa shape index (κ1) is 22.9. The molecule has 0 radical (unpaired) electrons. The molecule has 140 valence electrons. The summed E-state index contributed by atoms with van der Waals surface area (Å²) in [6.45, 7) is 6.84. The molecule has 0 saturated heterocycles. The van der Waals surface area contributed by atoms with Gasteiger partial charge >= 0.3 is 0 Å². The van der Waals surface area contributed by atoms with Gasteiger partial charge in [-0.15, -0.1) is 0 Å². The molecule has 1 N–H and O–H groups in total. The Kier molecular flexibility index (Phi) is 18.2. The van der Waals surface area contributed by atoms with Gasteiger partial charge in [-0.1, -0.05) is 97.3 Å². The summed E-state index contributed by atoms with van der Waals surface area (Å²) < 4.78 is 5.91. The Morgan fingerprint density at radius 2 is 1.04 bits per heavy atom. The van der Waals surface area contributed by atoms with Crippen LogP contribution in [0.1, 0.15) is 117 Å². The maximum atomic E-state index is 9.42. The summed E-state index contributed by atoms with van der Waals surface area (Å²) in [4.78, 5) is 0. The lowest BCUT2D eigenvalue weighted by molar-refractivity contribution is -0.0118. The Bertz CT molecular complexity index is 216. The Hall–Kier alpha value is -0.0800. The molecule has 0 amide bonds. The Labute approximate surface area is 146 Å². The normalized spacial score (nSPS) is 14.1. The van der Waals surface area contributed by atoms with Crippen molar-refractivity contribution >= 4 is 0 Å². The van der Waals surface area contributed by atoms with Crippen LogP contribution >= 0.6 is 0 Å². The lowest BCUT2D eigenvalue weighted by Gasteiger charge is -2.19. The molecule has 0 aromatic heterocycles. The zero-order valence-electron chi connectivity index (χ0n) is 16.3. The predicted molar refractivity (Wildman–Crippen MR) is 102 cm³/mol. The zero-order chi connectivity index (χ0) is 17.2. The lowest BCUT2D eigenvalue weighted by Crippen LogP contribution is -2.19. The summed E-state index contributed by atoms with van der Waals surface area (Å²) in [7, 11) is 0. The zero-order valence-corrected chi connectivity index (χ0v) is 16.3. The van der Waals surface area contributed by atoms with Gasteiger partial charge in [-0.2, -0.15) is 0 Å². The molecule has 0 aliphatic carbocycles. The number of rotatable bonds is 18. The molecule has 2 heteroatoms. The van der Waals surface area contributed by atoms with E-state index in [-0.39, 0.29) is 6.10 Å². The molecular weight excluding hydrogens is 284 g/mol. The van der Waals surface area contributed by atoms with Gasteiger partial charge in [-0.05, 0) is 19.8 Å². The van der Waals surface area contributed by atoms with E-state index >= 15 is 0 Å². The minimum atomic E-state index is -0.337. The maximum absolute atomic E-state index is 9.42. The molecule has 0 aromatic rings. The van der Waals surface area contributed by atoms with E-state index in [0.29, 0.717) is 12.7 Å². The average molecular weight is 329 g/mol. The second-order valence-electron chi connectivity index (χ2n) is 7.27. The van der Waals surface area contributed by atoms with Gasteiger partial charge in [-0.25, -0.2) is 0 Å². The smallest absolute Gasteiger partial charge is 0.0745 e. The van der Waals surface area contributed by atoms with Crippen LogP contribution in [0, 0.1) is 0 Å². The van der Waals surface area contributed by atoms with Crippen molar-refractivity contribution in [1.29, 1.82) is 0 Å². The van der Waals surface area contributed by atoms with Gasteiger partial charge in [0.05, 0.1) is 18.8 Å². The average Bonchev–Trinajstić information content (AvgIpc) is 2.54. The second-order valence-corrected chi connectivity index (χ2v) is 7.27. The van der Waals surface area contributed by atoms with Gasteiger partial charge in [0, 0.05) is 0 Å². The van der Waals surface area contributed by atoms with E-state index in [1.54, 1.807) is 0 Å². The molecule has 0 bridgehead atoms. The Morgan fingerprint density at radius 1 is 0.652 bits per heavy atom. The largest absolute Gasteiger partial charge is 0.391 e. The van der Waals surface area contributed by atoms with E-state index < -0.39 is 0 Å². The number of aliphatic hydroxyl groups is 1. The summed E-state index contributed by atoms with van der Waals surface area (Å²) >= 11 is 0. The highest BCUT2D eigenvalue weighted by atomic mass is 16.5. The third kappa shape index (κ3) is 18.1. The molecule has 0 fully saturated rings. The SMILES string of the molecule is CCCCCCCCCCCC(CCCCCC)OCC(C)O. The predicted octanol–water partition coefficient (Wildman–Crippen LogP) is 6.64. The molecular formula is C21H44O2. The van der Waals surface area contributed by atoms with E-state index in [1.165, 1.54) is 96.3 Å². The molecule has 0 saturated carbocycles. The standard InChI is InChI=1S/C21H44O2/c1-4-6-8-10-11-12-13-14-16-18-21(23-19-20(3)22)17-15-9-7-5-2/h20-22H,4-19H2,1-3H3. The van der Waals surface area contributed by atoms with Crippen LogP contribution in [0.5, 0.6) is 0 Å². The van der Waals surface area contributed by atoms with Crippen molar-refractivity contribution in [3.8, 4) is 0 Å². The van der Waals surface area contributed by atoms with Crippen LogP contribution in [-0.2, 0) is 4.74 Å². The van der Waals surface area contributed by atoms with Gasteiger partial charge in [0.25, 0.3) is 0 Å². The second kappa shape index (κ2) is 18.3. The highest BCUT2D eigenvalue weighted by Gasteiger charge is 2.10. The summed E-state index contributed by atoms with van der Waals surface area (Å²) in [5.74, 6) is 0. The minimum Gasteiger partial charge on any atom is -0.391 e. The third-order valence-corrected chi connectivity index (χ3v) is 4.58. The van der Waals surface area contributed by atoms with Crippen molar-refractivity contribution in [1.82, 2.24) is 0 Å². The first-order valence-electron chi connectivity index (χ1n) is 10.5. The van der Waals surface area contributed by atoms with Crippen LogP contribution < -0.4 is 0 Å². The van der Waals surface area contributed by atoms with Crippen LogP contribution in [0.3, 0.4) is 0 Å². The van der Waals surface area contributed by atoms with Crippen molar-refractivity contribution in [2.45, 2.75) is 129 Å². The molecule has 0 aromatic carbocycles. The van der Waals surface area contributed by atoms with Crippen LogP contribution in [0.25, 0.3) is 0 Å². The van der Waals surface area contributed by atoms with Crippen LogP contribution in [-0.4, -0.2) is 23.9 Å². The molecule has 0 aliphatic rings. The fraction of sp³-hybridized carbons (Fsp3) is 1.00. The highest BCUT2D eigenvalue weighted by Crippen LogP contribution is 2.17. The summed E-state index contributed by atoms with van der Waals surface area (Å²) in [5, 5.41) is 9.42. The van der Waals surface area contributed by atoms with E-state index in [0.717, 1.165) is 0 Å². The Morgan fingerprint density at radius 3 is 1.48 bits per heavy atom. The van der Waals surface area contributed by atoms with E-state index in [9.17, 15) is 5.11 Å². The van der Waals surface area contributed by atoms with Gasteiger partial charge in [-0.3, -0.25) is 0 Å². The van der Waals surface area contributed by atoms with Gasteiger partial charge in [0.15, 0.2) is 0 Å². The molecule has 0 rings (SSSR count). The molecule has 23 heavy (non-hydrogen) atoms. The minimum absolute atomic E-state index is 0.337. The molecule has 0 aliphatic heterocycles. The fourth-order valence-electron chi connectivity index (χ4n) is 3.07. The van der Waals surface area contributed by atoms with Gasteiger partial charge in [0.1, 0.15) is 0 Å². The van der Waals surface area contributed by atoms with Crippen LogP contribution in [0.4, 0.5) is 0 Å². The number of hydrogen-bond acceptors (Lipinski definition) is 2. The quantitative estimate of drug-likeness (QED) is 0.286. The number of ether oxygens (including phenoxy) is 1. The van der Waals surface area contributed by atoms with E-state index in [1.807, 2.05) is 6.92 Å². The topological polar surface area (TPSA) is 29.5 Å². The van der Waals surface area contributed by atoms with E-state index in [4.69, 9.17) is 4.74 Å². The van der Waals surface area contributed by atoms with Crippen LogP contribution in [0.15, 0.2) is 0 Å². The van der Waals surface area contributed by atoms with Crippen molar-refractivity contribution in [3.05, 3.63) is 0 Å². The summed E-state index contributed by atoms with van der Waals surface area (Å²) in [6, 6.07) is 0. The van der Waals surface area contributed by atoms with Crippen molar-refractivity contribution in [2.24, 2.45) is 0 Å². The van der Waals surface area contributed by atoms with E-state index in [2.05, 4.69) is 13.8 Å². The van der Waals surface area contributed by atoms with Crippen molar-refractivity contribution in [3.63, 3.8) is 0 Å². The van der Waals surface area contributed by atoms with Gasteiger partial charge in [0.2, 0.25) is 0 Å². The van der Waals surface area contributed by atoms with Crippen LogP contribution in [0.2, 0.25) is 0 Å². The molecule has 2 atom stereocenters. The maximum Gasteiger partial charge on any atom is 0.0745 e. The fourth-order valence-corrected chi connectivity index (χ4v) is 3.07. The first-order valence-corrected chi connectivity index (χ1v) is 10.5. The van der Waals surface area contributed by atoms with Gasteiger partial charge < -0.3 is 9.84 Å². The third-order valence-electron chi connectivity index (χ3n) is 4.58. The first-order chi connectivity index (χ1) is 11.2. The molecule has 0 heterocycles. The molecule has 2 unspecified atom stereocenters. The molecule has 2 nitrogen and oxygen atoms in total. The number of aliphatic hydroxyl groups excluding tert-OH is 1. The highest BCUT2D eigenvalue weighted by molar-refractivity contribution is 4.61. The lowest BCUT2D eigenvalue weighted by atomic mass is 10.0. The summed E-state index contributed by atoms with van der Waals surface area (Å²) in [5.41, 5.74) is 0. The van der Waals surface area contributed by atoms with Crippen molar-refractivity contribution < 1.29 is 9.84 Å². The number of unbranched alkanes of at least 4 members (excludes halogenated alkanes) is 11.